The topological polar surface area (TPSA) is 35.0 Å². The molecule has 1 aliphatic rings. The second-order valence-electron chi connectivity index (χ2n) is 2.81. The molecule has 13 heavy (non-hydrogen) atoms. The maximum atomic E-state index is 13.1. The van der Waals surface area contributed by atoms with Crippen LogP contribution in [0.5, 0.6) is 0 Å². The Kier molecular flexibility index (Phi) is 2.21. The van der Waals surface area contributed by atoms with Crippen molar-refractivity contribution in [2.45, 2.75) is 12.8 Å². The van der Waals surface area contributed by atoms with Crippen LogP contribution in [-0.4, -0.2) is 16.6 Å². The number of hydrogen-bond acceptors (Lipinski definition) is 3. The molecule has 0 unspecified atom stereocenters. The fraction of sp³-hybridized carbons (Fsp3) is 0.333. The van der Waals surface area contributed by atoms with Crippen molar-refractivity contribution in [1.82, 2.24) is 9.97 Å². The maximum Gasteiger partial charge on any atom is 0.239 e. The summed E-state index contributed by atoms with van der Waals surface area (Å²) in [4.78, 5) is 7.44. The average Bonchev–Trinajstić information content (AvgIpc) is 2.20. The van der Waals surface area contributed by atoms with Gasteiger partial charge in [-0.3, -0.25) is 4.98 Å². The molecule has 1 aromatic rings. The molecule has 0 bridgehead atoms. The minimum absolute atomic E-state index is 0.308. The lowest BCUT2D eigenvalue weighted by Crippen LogP contribution is -2.03. The molecular formula is C9H9FN2O. The maximum absolute atomic E-state index is 13.1. The van der Waals surface area contributed by atoms with Crippen LogP contribution in [0, 0.1) is 5.95 Å². The Morgan fingerprint density at radius 2 is 2.15 bits per heavy atom. The zero-order valence-electron chi connectivity index (χ0n) is 7.03. The van der Waals surface area contributed by atoms with E-state index < -0.39 is 5.95 Å². The van der Waals surface area contributed by atoms with Gasteiger partial charge in [-0.2, -0.15) is 4.39 Å². The van der Waals surface area contributed by atoms with Gasteiger partial charge in [-0.25, -0.2) is 4.98 Å². The molecule has 4 heteroatoms. The van der Waals surface area contributed by atoms with Gasteiger partial charge in [-0.05, 0) is 12.8 Å². The summed E-state index contributed by atoms with van der Waals surface area (Å²) in [6.07, 6.45) is 6.09. The van der Waals surface area contributed by atoms with Crippen LogP contribution in [0.2, 0.25) is 0 Å². The second-order valence-corrected chi connectivity index (χ2v) is 2.81. The van der Waals surface area contributed by atoms with Gasteiger partial charge in [0, 0.05) is 18.0 Å². The van der Waals surface area contributed by atoms with Crippen LogP contribution in [0.1, 0.15) is 18.5 Å². The summed E-state index contributed by atoms with van der Waals surface area (Å²) in [5.74, 6) is -0.528. The molecule has 2 rings (SSSR count). The second kappa shape index (κ2) is 3.51. The van der Waals surface area contributed by atoms with E-state index in [1.54, 1.807) is 6.26 Å². The van der Waals surface area contributed by atoms with Crippen LogP contribution in [-0.2, 0) is 4.74 Å². The predicted molar refractivity (Wildman–Crippen MR) is 45.2 cm³/mol. The van der Waals surface area contributed by atoms with Crippen LogP contribution in [0.4, 0.5) is 4.39 Å². The van der Waals surface area contributed by atoms with Gasteiger partial charge < -0.3 is 4.74 Å². The first kappa shape index (κ1) is 8.16. The van der Waals surface area contributed by atoms with E-state index in [1.807, 2.05) is 0 Å². The molecule has 0 saturated carbocycles. The van der Waals surface area contributed by atoms with E-state index in [4.69, 9.17) is 4.74 Å². The number of allylic oxidation sites excluding steroid dienone is 1. The molecule has 0 N–H and O–H groups in total. The van der Waals surface area contributed by atoms with Crippen LogP contribution in [0.25, 0.3) is 5.57 Å². The van der Waals surface area contributed by atoms with Crippen LogP contribution in [0.15, 0.2) is 18.7 Å². The third-order valence-corrected chi connectivity index (χ3v) is 1.89. The Labute approximate surface area is 75.3 Å². The van der Waals surface area contributed by atoms with E-state index >= 15 is 0 Å². The highest BCUT2D eigenvalue weighted by atomic mass is 19.1. The van der Waals surface area contributed by atoms with Crippen molar-refractivity contribution in [3.63, 3.8) is 0 Å². The Morgan fingerprint density at radius 3 is 2.85 bits per heavy atom. The molecule has 0 atom stereocenters. The van der Waals surface area contributed by atoms with Gasteiger partial charge in [0.05, 0.1) is 12.9 Å². The van der Waals surface area contributed by atoms with E-state index in [0.29, 0.717) is 12.3 Å². The zero-order valence-corrected chi connectivity index (χ0v) is 7.03. The fourth-order valence-electron chi connectivity index (χ4n) is 1.28. The molecule has 1 aliphatic heterocycles. The van der Waals surface area contributed by atoms with Crippen molar-refractivity contribution in [1.29, 1.82) is 0 Å². The summed E-state index contributed by atoms with van der Waals surface area (Å²) >= 11 is 0. The van der Waals surface area contributed by atoms with Crippen LogP contribution in [0.3, 0.4) is 0 Å². The zero-order chi connectivity index (χ0) is 9.10. The Bertz CT molecular complexity index is 338. The molecule has 0 radical (unpaired) electrons. The van der Waals surface area contributed by atoms with Crippen LogP contribution < -0.4 is 0 Å². The molecule has 3 nitrogen and oxygen atoms in total. The molecule has 0 aliphatic carbocycles. The molecule has 1 aromatic heterocycles. The van der Waals surface area contributed by atoms with Crippen molar-refractivity contribution in [3.05, 3.63) is 30.3 Å². The lowest BCUT2D eigenvalue weighted by atomic mass is 10.1. The molecular weight excluding hydrogens is 171 g/mol. The lowest BCUT2D eigenvalue weighted by molar-refractivity contribution is 0.235. The number of rotatable bonds is 1. The van der Waals surface area contributed by atoms with E-state index in [1.165, 1.54) is 12.4 Å². The Hall–Kier alpha value is -1.45. The van der Waals surface area contributed by atoms with Crippen molar-refractivity contribution >= 4 is 5.57 Å². The highest BCUT2D eigenvalue weighted by Gasteiger charge is 2.12. The smallest absolute Gasteiger partial charge is 0.239 e. The predicted octanol–water partition coefficient (Wildman–Crippen LogP) is 1.77. The molecule has 0 amide bonds. The molecule has 0 saturated heterocycles. The summed E-state index contributed by atoms with van der Waals surface area (Å²) in [6.45, 7) is 0.700. The van der Waals surface area contributed by atoms with Crippen molar-refractivity contribution < 1.29 is 9.13 Å². The number of hydrogen-bond donors (Lipinski definition) is 0. The van der Waals surface area contributed by atoms with Gasteiger partial charge in [-0.15, -0.1) is 0 Å². The molecule has 0 spiro atoms. The largest absolute Gasteiger partial charge is 0.501 e. The first-order valence-corrected chi connectivity index (χ1v) is 4.15. The Balaban J connectivity index is 2.34. The Morgan fingerprint density at radius 1 is 1.31 bits per heavy atom. The molecule has 2 heterocycles. The van der Waals surface area contributed by atoms with Gasteiger partial charge in [0.2, 0.25) is 5.95 Å². The van der Waals surface area contributed by atoms with Gasteiger partial charge >= 0.3 is 0 Å². The summed E-state index contributed by atoms with van der Waals surface area (Å²) in [7, 11) is 0. The fourth-order valence-corrected chi connectivity index (χ4v) is 1.28. The van der Waals surface area contributed by atoms with E-state index in [2.05, 4.69) is 9.97 Å². The average molecular weight is 180 g/mol. The minimum Gasteiger partial charge on any atom is -0.501 e. The highest BCUT2D eigenvalue weighted by molar-refractivity contribution is 5.61. The molecule has 0 aromatic carbocycles. The van der Waals surface area contributed by atoms with Crippen molar-refractivity contribution in [2.24, 2.45) is 0 Å². The van der Waals surface area contributed by atoms with Gasteiger partial charge in [-0.1, -0.05) is 0 Å². The summed E-state index contributed by atoms with van der Waals surface area (Å²) < 4.78 is 18.2. The third-order valence-electron chi connectivity index (χ3n) is 1.89. The van der Waals surface area contributed by atoms with E-state index in [-0.39, 0.29) is 0 Å². The van der Waals surface area contributed by atoms with E-state index in [9.17, 15) is 4.39 Å². The molecule has 68 valence electrons. The number of aromatic nitrogens is 2. The third kappa shape index (κ3) is 1.66. The van der Waals surface area contributed by atoms with Crippen LogP contribution >= 0.6 is 0 Å². The summed E-state index contributed by atoms with van der Waals surface area (Å²) in [5, 5.41) is 0. The van der Waals surface area contributed by atoms with E-state index in [0.717, 1.165) is 18.4 Å². The van der Waals surface area contributed by atoms with Crippen molar-refractivity contribution in [2.75, 3.05) is 6.61 Å². The minimum atomic E-state index is -0.528. The van der Waals surface area contributed by atoms with Crippen molar-refractivity contribution in [3.8, 4) is 0 Å². The number of ether oxygens (including phenoxy) is 1. The highest BCUT2D eigenvalue weighted by Crippen LogP contribution is 2.22. The summed E-state index contributed by atoms with van der Waals surface area (Å²) in [5.41, 5.74) is 1.10. The standard InChI is InChI=1S/C9H9FN2O/c10-9-8(11-3-4-12-9)7-2-1-5-13-6-7/h3-4,6H,1-2,5H2. The van der Waals surface area contributed by atoms with Gasteiger partial charge in [0.15, 0.2) is 0 Å². The molecule has 0 fully saturated rings. The summed E-state index contributed by atoms with van der Waals surface area (Å²) in [6, 6.07) is 0. The van der Waals surface area contributed by atoms with Gasteiger partial charge in [0.1, 0.15) is 5.69 Å². The SMILES string of the molecule is Fc1nccnc1C1=COCCC1. The normalized spacial score (nSPS) is 16.2. The monoisotopic (exact) mass is 180 g/mol. The lowest BCUT2D eigenvalue weighted by Gasteiger charge is -2.12. The van der Waals surface area contributed by atoms with Gasteiger partial charge in [0.25, 0.3) is 0 Å². The number of nitrogens with zero attached hydrogens (tertiary/aromatic N) is 2. The first-order chi connectivity index (χ1) is 6.38. The quantitative estimate of drug-likeness (QED) is 0.660. The number of halogens is 1. The first-order valence-electron chi connectivity index (χ1n) is 4.15.